The normalized spacial score (nSPS) is 10.4. The van der Waals surface area contributed by atoms with Crippen molar-refractivity contribution in [2.24, 2.45) is 7.05 Å². The van der Waals surface area contributed by atoms with Crippen molar-refractivity contribution in [3.05, 3.63) is 15.9 Å². The second kappa shape index (κ2) is 4.99. The Labute approximate surface area is 99.5 Å². The first-order valence-electron chi connectivity index (χ1n) is 5.40. The zero-order valence-corrected chi connectivity index (χ0v) is 10.5. The first-order chi connectivity index (χ1) is 7.90. The van der Waals surface area contributed by atoms with E-state index < -0.39 is 11.4 Å². The molecule has 1 heterocycles. The Morgan fingerprint density at radius 3 is 2.53 bits per heavy atom. The Bertz CT molecular complexity index is 491. The van der Waals surface area contributed by atoms with Crippen LogP contribution in [0, 0.1) is 0 Å². The average molecular weight is 239 g/mol. The van der Waals surface area contributed by atoms with Crippen molar-refractivity contribution in [2.45, 2.75) is 19.8 Å². The molecule has 1 rings (SSSR count). The van der Waals surface area contributed by atoms with E-state index in [0.717, 1.165) is 0 Å². The molecule has 0 aliphatic heterocycles. The second-order valence-corrected chi connectivity index (χ2v) is 4.04. The summed E-state index contributed by atoms with van der Waals surface area (Å²) in [5.41, 5.74) is -0.736. The molecule has 0 fully saturated rings. The highest BCUT2D eigenvalue weighted by Gasteiger charge is 2.20. The summed E-state index contributed by atoms with van der Waals surface area (Å²) in [4.78, 5) is 29.1. The van der Waals surface area contributed by atoms with Crippen molar-refractivity contribution in [1.82, 2.24) is 9.55 Å². The topological polar surface area (TPSA) is 75.4 Å². The number of nitrogens with zero attached hydrogens (tertiary/aromatic N) is 3. The Balaban J connectivity index is 3.41. The second-order valence-electron chi connectivity index (χ2n) is 4.04. The molecule has 0 aromatic carbocycles. The third kappa shape index (κ3) is 2.46. The SMILES string of the molecule is CCCC(=O)c1c(O)nc(N(C)C)n(C)c1=O. The summed E-state index contributed by atoms with van der Waals surface area (Å²) >= 11 is 0. The molecule has 0 bridgehead atoms. The lowest BCUT2D eigenvalue weighted by Crippen LogP contribution is -2.30. The van der Waals surface area contributed by atoms with Gasteiger partial charge in [-0.2, -0.15) is 4.98 Å². The summed E-state index contributed by atoms with van der Waals surface area (Å²) in [5, 5.41) is 9.67. The van der Waals surface area contributed by atoms with Crippen molar-refractivity contribution >= 4 is 11.7 Å². The highest BCUT2D eigenvalue weighted by Crippen LogP contribution is 2.16. The highest BCUT2D eigenvalue weighted by molar-refractivity contribution is 5.97. The average Bonchev–Trinajstić information content (AvgIpc) is 2.23. The van der Waals surface area contributed by atoms with Crippen LogP contribution in [0.2, 0.25) is 0 Å². The lowest BCUT2D eigenvalue weighted by molar-refractivity contribution is 0.0976. The van der Waals surface area contributed by atoms with Crippen LogP contribution in [0.3, 0.4) is 0 Å². The standard InChI is InChI=1S/C11H17N3O3/c1-5-6-7(15)8-9(16)12-11(13(2)3)14(4)10(8)17/h16H,5-6H2,1-4H3. The molecule has 6 nitrogen and oxygen atoms in total. The fourth-order valence-corrected chi connectivity index (χ4v) is 1.58. The van der Waals surface area contributed by atoms with Gasteiger partial charge in [-0.25, -0.2) is 0 Å². The molecule has 1 N–H and O–H groups in total. The maximum atomic E-state index is 11.9. The van der Waals surface area contributed by atoms with E-state index in [1.807, 2.05) is 6.92 Å². The fraction of sp³-hybridized carbons (Fsp3) is 0.545. The van der Waals surface area contributed by atoms with Gasteiger partial charge in [0, 0.05) is 27.6 Å². The predicted molar refractivity (Wildman–Crippen MR) is 64.7 cm³/mol. The quantitative estimate of drug-likeness (QED) is 0.776. The van der Waals surface area contributed by atoms with Gasteiger partial charge in [0.1, 0.15) is 5.56 Å². The summed E-state index contributed by atoms with van der Waals surface area (Å²) in [5.74, 6) is -0.556. The molecule has 0 amide bonds. The molecule has 0 unspecified atom stereocenters. The smallest absolute Gasteiger partial charge is 0.269 e. The Kier molecular flexibility index (Phi) is 3.88. The molecule has 1 aromatic heterocycles. The van der Waals surface area contributed by atoms with E-state index in [9.17, 15) is 14.7 Å². The lowest BCUT2D eigenvalue weighted by Gasteiger charge is -2.16. The van der Waals surface area contributed by atoms with E-state index >= 15 is 0 Å². The molecule has 0 aliphatic rings. The van der Waals surface area contributed by atoms with E-state index in [2.05, 4.69) is 4.98 Å². The van der Waals surface area contributed by atoms with Crippen molar-refractivity contribution < 1.29 is 9.90 Å². The number of hydrogen-bond acceptors (Lipinski definition) is 5. The summed E-state index contributed by atoms with van der Waals surface area (Å²) < 4.78 is 1.25. The Morgan fingerprint density at radius 1 is 1.47 bits per heavy atom. The van der Waals surface area contributed by atoms with Crippen molar-refractivity contribution in [1.29, 1.82) is 0 Å². The van der Waals surface area contributed by atoms with Crippen LogP contribution in [0.4, 0.5) is 5.95 Å². The van der Waals surface area contributed by atoms with Gasteiger partial charge < -0.3 is 10.0 Å². The minimum atomic E-state index is -0.514. The lowest BCUT2D eigenvalue weighted by atomic mass is 10.1. The maximum Gasteiger partial charge on any atom is 0.269 e. The number of Topliss-reactive ketones (excluding diaryl/α,β-unsaturated/α-hetero) is 1. The molecule has 1 aromatic rings. The molecule has 6 heteroatoms. The van der Waals surface area contributed by atoms with Crippen LogP contribution in [0.25, 0.3) is 0 Å². The third-order valence-corrected chi connectivity index (χ3v) is 2.40. The predicted octanol–water partition coefficient (Wildman–Crippen LogP) is 0.535. The minimum Gasteiger partial charge on any atom is -0.493 e. The minimum absolute atomic E-state index is 0.222. The van der Waals surface area contributed by atoms with Gasteiger partial charge in [-0.05, 0) is 6.42 Å². The molecule has 17 heavy (non-hydrogen) atoms. The number of hydrogen-bond donors (Lipinski definition) is 1. The maximum absolute atomic E-state index is 11.9. The molecule has 0 saturated heterocycles. The summed E-state index contributed by atoms with van der Waals surface area (Å²) in [6, 6.07) is 0. The van der Waals surface area contributed by atoms with Crippen molar-refractivity contribution in [2.75, 3.05) is 19.0 Å². The molecule has 0 saturated carbocycles. The zero-order valence-electron chi connectivity index (χ0n) is 10.5. The Morgan fingerprint density at radius 2 is 2.06 bits per heavy atom. The van der Waals surface area contributed by atoms with E-state index in [-0.39, 0.29) is 17.8 Å². The fourth-order valence-electron chi connectivity index (χ4n) is 1.58. The van der Waals surface area contributed by atoms with Crippen molar-refractivity contribution in [3.63, 3.8) is 0 Å². The number of aromatic hydroxyl groups is 1. The Hall–Kier alpha value is -1.85. The van der Waals surface area contributed by atoms with Crippen LogP contribution in [0.5, 0.6) is 5.88 Å². The van der Waals surface area contributed by atoms with E-state index in [1.54, 1.807) is 19.0 Å². The first kappa shape index (κ1) is 13.2. The molecule has 0 radical (unpaired) electrons. The van der Waals surface area contributed by atoms with E-state index in [4.69, 9.17) is 0 Å². The van der Waals surface area contributed by atoms with Crippen LogP contribution in [-0.4, -0.2) is 34.5 Å². The number of carbonyl (C=O) groups is 1. The number of anilines is 1. The first-order valence-corrected chi connectivity index (χ1v) is 5.40. The van der Waals surface area contributed by atoms with Gasteiger partial charge in [-0.3, -0.25) is 14.2 Å². The van der Waals surface area contributed by atoms with Gasteiger partial charge in [-0.15, -0.1) is 0 Å². The van der Waals surface area contributed by atoms with E-state index in [1.165, 1.54) is 11.6 Å². The molecule has 94 valence electrons. The van der Waals surface area contributed by atoms with Crippen LogP contribution in [-0.2, 0) is 7.05 Å². The van der Waals surface area contributed by atoms with Gasteiger partial charge in [0.15, 0.2) is 5.78 Å². The molecule has 0 spiro atoms. The largest absolute Gasteiger partial charge is 0.493 e. The number of carbonyl (C=O) groups excluding carboxylic acids is 1. The van der Waals surface area contributed by atoms with E-state index in [0.29, 0.717) is 12.4 Å². The van der Waals surface area contributed by atoms with Crippen LogP contribution in [0.1, 0.15) is 30.1 Å². The number of rotatable bonds is 4. The zero-order chi connectivity index (χ0) is 13.2. The van der Waals surface area contributed by atoms with Crippen molar-refractivity contribution in [3.8, 4) is 5.88 Å². The van der Waals surface area contributed by atoms with Crippen LogP contribution < -0.4 is 10.5 Å². The van der Waals surface area contributed by atoms with Gasteiger partial charge >= 0.3 is 0 Å². The van der Waals surface area contributed by atoms with Gasteiger partial charge in [0.25, 0.3) is 5.56 Å². The number of aromatic nitrogens is 2. The molecular weight excluding hydrogens is 222 g/mol. The van der Waals surface area contributed by atoms with Crippen LogP contribution >= 0.6 is 0 Å². The van der Waals surface area contributed by atoms with Gasteiger partial charge in [0.2, 0.25) is 11.8 Å². The third-order valence-electron chi connectivity index (χ3n) is 2.40. The highest BCUT2D eigenvalue weighted by atomic mass is 16.3. The van der Waals surface area contributed by atoms with Gasteiger partial charge in [-0.1, -0.05) is 6.92 Å². The molecule has 0 aliphatic carbocycles. The summed E-state index contributed by atoms with van der Waals surface area (Å²) in [7, 11) is 4.93. The van der Waals surface area contributed by atoms with Crippen LogP contribution in [0.15, 0.2) is 4.79 Å². The number of ketones is 1. The summed E-state index contributed by atoms with van der Waals surface area (Å²) in [6.07, 6.45) is 0.850. The molecule has 0 atom stereocenters. The molecular formula is C11H17N3O3. The monoisotopic (exact) mass is 239 g/mol. The summed E-state index contributed by atoms with van der Waals surface area (Å²) in [6.45, 7) is 1.83. The van der Waals surface area contributed by atoms with Gasteiger partial charge in [0.05, 0.1) is 0 Å².